The van der Waals surface area contributed by atoms with Gasteiger partial charge in [-0.2, -0.15) is 0 Å². The van der Waals surface area contributed by atoms with Crippen molar-refractivity contribution in [3.05, 3.63) is 62.5 Å². The number of allylic oxidation sites excluding steroid dienone is 5. The topological polar surface area (TPSA) is 0 Å². The van der Waals surface area contributed by atoms with Gasteiger partial charge in [-0.3, -0.25) is 0 Å². The van der Waals surface area contributed by atoms with Crippen LogP contribution in [0.2, 0.25) is 0 Å². The Bertz CT molecular complexity index is 601. The Balaban J connectivity index is 0.00000110. The van der Waals surface area contributed by atoms with E-state index < -0.39 is 0 Å². The molecule has 0 heterocycles. The van der Waals surface area contributed by atoms with Crippen LogP contribution in [-0.2, 0) is 24.7 Å². The molecule has 21 heavy (non-hydrogen) atoms. The van der Waals surface area contributed by atoms with Crippen LogP contribution in [0.4, 0.5) is 0 Å². The molecule has 3 heteroatoms. The number of halogens is 2. The first-order chi connectivity index (χ1) is 9.16. The molecule has 3 rings (SSSR count). The summed E-state index contributed by atoms with van der Waals surface area (Å²) >= 11 is 1.58. The van der Waals surface area contributed by atoms with E-state index in [9.17, 15) is 0 Å². The van der Waals surface area contributed by atoms with E-state index in [0.717, 1.165) is 0 Å². The van der Waals surface area contributed by atoms with E-state index in [0.29, 0.717) is 5.92 Å². The third kappa shape index (κ3) is 3.16. The minimum atomic E-state index is 0. The molecule has 0 aromatic heterocycles. The number of fused-ring (bicyclic) bond motifs is 1. The van der Waals surface area contributed by atoms with Gasteiger partial charge in [0, 0.05) is 0 Å². The molecule has 0 saturated carbocycles. The van der Waals surface area contributed by atoms with E-state index in [-0.39, 0.29) is 30.2 Å². The molecule has 0 radical (unpaired) electrons. The van der Waals surface area contributed by atoms with Gasteiger partial charge >= 0.3 is 131 Å². The summed E-state index contributed by atoms with van der Waals surface area (Å²) in [5.41, 5.74) is 4.75. The largest absolute Gasteiger partial charge is 1.00 e. The second-order valence-electron chi connectivity index (χ2n) is 5.74. The first-order valence-electron chi connectivity index (χ1n) is 7.05. The van der Waals surface area contributed by atoms with E-state index in [1.165, 1.54) is 24.0 Å². The van der Waals surface area contributed by atoms with E-state index in [1.54, 1.807) is 33.6 Å². The molecule has 0 spiro atoms. The van der Waals surface area contributed by atoms with Crippen LogP contribution in [0.3, 0.4) is 0 Å². The summed E-state index contributed by atoms with van der Waals surface area (Å²) in [6, 6.07) is 8.85. The van der Waals surface area contributed by atoms with Gasteiger partial charge in [-0.15, -0.1) is 0 Å². The Hall–Kier alpha value is -0.0969. The first-order valence-corrected chi connectivity index (χ1v) is 8.28. The fourth-order valence-electron chi connectivity index (χ4n) is 3.42. The van der Waals surface area contributed by atoms with Gasteiger partial charge in [0.15, 0.2) is 0 Å². The summed E-state index contributed by atoms with van der Waals surface area (Å²) in [6.07, 6.45) is 11.8. The maximum absolute atomic E-state index is 2.44. The van der Waals surface area contributed by atoms with Gasteiger partial charge in [0.2, 0.25) is 0 Å². The maximum atomic E-state index is 2.44. The monoisotopic (exact) mass is 395 g/mol. The molecule has 1 aromatic carbocycles. The minimum absolute atomic E-state index is 0. The van der Waals surface area contributed by atoms with Crippen molar-refractivity contribution in [2.75, 3.05) is 0 Å². The van der Waals surface area contributed by atoms with Crippen LogP contribution < -0.4 is 24.8 Å². The Morgan fingerprint density at radius 1 is 1.19 bits per heavy atom. The molecule has 2 atom stereocenters. The van der Waals surface area contributed by atoms with E-state index in [1.807, 2.05) is 0 Å². The molecule has 0 nitrogen and oxygen atoms in total. The van der Waals surface area contributed by atoms with Crippen molar-refractivity contribution in [1.29, 1.82) is 0 Å². The van der Waals surface area contributed by atoms with Gasteiger partial charge in [0.25, 0.3) is 0 Å². The third-order valence-corrected chi connectivity index (χ3v) is 5.93. The maximum Gasteiger partial charge on any atom is -1.00 e. The molecule has 0 fully saturated rings. The first kappa shape index (κ1) is 19.0. The summed E-state index contributed by atoms with van der Waals surface area (Å²) in [4.78, 5) is 0. The van der Waals surface area contributed by atoms with E-state index >= 15 is 0 Å². The van der Waals surface area contributed by atoms with Crippen molar-refractivity contribution in [2.45, 2.75) is 32.6 Å². The smallest absolute Gasteiger partial charge is 1.00 e. The summed E-state index contributed by atoms with van der Waals surface area (Å²) < 4.78 is 1.63. The fraction of sp³-hybridized carbons (Fsp3) is 0.333. The normalized spacial score (nSPS) is 21.6. The van der Waals surface area contributed by atoms with Crippen LogP contribution in [0.5, 0.6) is 0 Å². The van der Waals surface area contributed by atoms with Gasteiger partial charge in [-0.05, 0) is 0 Å². The standard InChI is InChI=1S/C18H19.2ClH.Zr/c1-3-18(2,15-9-5-6-10-15)17-13-12-14-8-4-7-11-16(14)17;;;/h4-5,7-9,11-13,17H,3,6H2,1-2H3;2*1H;/q;;;+2/p-2. The zero-order valence-electron chi connectivity index (χ0n) is 12.4. The molecule has 0 bridgehead atoms. The Morgan fingerprint density at radius 2 is 1.90 bits per heavy atom. The molecule has 0 aliphatic heterocycles. The van der Waals surface area contributed by atoms with Gasteiger partial charge in [0.1, 0.15) is 0 Å². The number of rotatable bonds is 3. The van der Waals surface area contributed by atoms with Crippen molar-refractivity contribution >= 4 is 6.08 Å². The van der Waals surface area contributed by atoms with Crippen molar-refractivity contribution < 1.29 is 49.5 Å². The average Bonchev–Trinajstić information content (AvgIpc) is 3.04. The second-order valence-corrected chi connectivity index (χ2v) is 7.22. The van der Waals surface area contributed by atoms with Crippen LogP contribution >= 0.6 is 0 Å². The molecular weight excluding hydrogens is 378 g/mol. The average molecular weight is 397 g/mol. The molecule has 0 amide bonds. The molecule has 0 saturated heterocycles. The van der Waals surface area contributed by atoms with Gasteiger partial charge in [-0.25, -0.2) is 0 Å². The summed E-state index contributed by atoms with van der Waals surface area (Å²) in [5, 5.41) is 0. The third-order valence-electron chi connectivity index (χ3n) is 4.77. The number of hydrogen-bond acceptors (Lipinski definition) is 0. The van der Waals surface area contributed by atoms with Crippen molar-refractivity contribution in [3.8, 4) is 0 Å². The number of hydrogen-bond donors (Lipinski definition) is 0. The second kappa shape index (κ2) is 7.45. The van der Waals surface area contributed by atoms with Crippen molar-refractivity contribution in [1.82, 2.24) is 0 Å². The Morgan fingerprint density at radius 3 is 2.52 bits per heavy atom. The van der Waals surface area contributed by atoms with Gasteiger partial charge in [0.05, 0.1) is 0 Å². The van der Waals surface area contributed by atoms with Gasteiger partial charge in [-0.1, -0.05) is 0 Å². The van der Waals surface area contributed by atoms with Gasteiger partial charge < -0.3 is 24.8 Å². The molecule has 2 unspecified atom stereocenters. The Kier molecular flexibility index (Phi) is 6.72. The minimum Gasteiger partial charge on any atom is -1.00 e. The van der Waals surface area contributed by atoms with Crippen LogP contribution in [0.1, 0.15) is 43.7 Å². The predicted octanol–water partition coefficient (Wildman–Crippen LogP) is -1.02. The zero-order valence-corrected chi connectivity index (χ0v) is 16.3. The Labute approximate surface area is 155 Å². The predicted molar refractivity (Wildman–Crippen MR) is 77.4 cm³/mol. The fourth-order valence-corrected chi connectivity index (χ4v) is 4.62. The van der Waals surface area contributed by atoms with Crippen LogP contribution in [0.25, 0.3) is 6.08 Å². The number of benzene rings is 1. The molecule has 0 N–H and O–H groups in total. The summed E-state index contributed by atoms with van der Waals surface area (Å²) in [7, 11) is 0. The molecule has 2 aliphatic carbocycles. The van der Waals surface area contributed by atoms with Crippen LogP contribution in [0.15, 0.2) is 51.3 Å². The van der Waals surface area contributed by atoms with Crippen LogP contribution in [-0.4, -0.2) is 0 Å². The van der Waals surface area contributed by atoms with E-state index in [2.05, 4.69) is 62.4 Å². The van der Waals surface area contributed by atoms with Crippen LogP contribution in [0, 0.1) is 5.41 Å². The molecule has 109 valence electrons. The summed E-state index contributed by atoms with van der Waals surface area (Å²) in [5.74, 6) is 0.530. The van der Waals surface area contributed by atoms with Crippen molar-refractivity contribution in [2.24, 2.45) is 5.41 Å². The van der Waals surface area contributed by atoms with E-state index in [4.69, 9.17) is 0 Å². The zero-order chi connectivity index (χ0) is 13.5. The quantitative estimate of drug-likeness (QED) is 0.613. The molecule has 2 aliphatic rings. The van der Waals surface area contributed by atoms with Crippen molar-refractivity contribution in [3.63, 3.8) is 0 Å². The molecule has 1 aromatic rings. The molecular formula is C18H19Cl2Zr. The summed E-state index contributed by atoms with van der Waals surface area (Å²) in [6.45, 7) is 4.77. The SMILES string of the molecule is CCC(C)(C1=[C]([Zr+2])CC=C1)C1C=Cc2ccccc21.[Cl-].[Cl-].